The maximum atomic E-state index is 12.2. The van der Waals surface area contributed by atoms with Gasteiger partial charge in [0.25, 0.3) is 5.91 Å². The first-order valence-electron chi connectivity index (χ1n) is 7.22. The van der Waals surface area contributed by atoms with Crippen molar-refractivity contribution >= 4 is 29.2 Å². The molecule has 0 aliphatic carbocycles. The van der Waals surface area contributed by atoms with Gasteiger partial charge in [-0.2, -0.15) is 5.26 Å². The predicted octanol–water partition coefficient (Wildman–Crippen LogP) is 2.98. The molecular weight excluding hydrogens is 328 g/mol. The van der Waals surface area contributed by atoms with Gasteiger partial charge in [0, 0.05) is 10.7 Å². The molecule has 0 saturated carbocycles. The summed E-state index contributed by atoms with van der Waals surface area (Å²) in [4.78, 5) is 25.3. The number of anilines is 1. The van der Waals surface area contributed by atoms with Crippen LogP contribution >= 0.6 is 11.6 Å². The van der Waals surface area contributed by atoms with E-state index in [1.54, 1.807) is 48.5 Å². The number of carbonyl (C=O) groups is 2. The van der Waals surface area contributed by atoms with E-state index in [1.807, 2.05) is 12.1 Å². The average Bonchev–Trinajstić information content (AvgIpc) is 2.60. The van der Waals surface area contributed by atoms with Gasteiger partial charge in [-0.1, -0.05) is 41.9 Å². The number of para-hydroxylation sites is 1. The van der Waals surface area contributed by atoms with Gasteiger partial charge in [0.05, 0.1) is 12.5 Å². The Morgan fingerprint density at radius 1 is 1.08 bits per heavy atom. The first kappa shape index (κ1) is 17.5. The highest BCUT2D eigenvalue weighted by Gasteiger charge is 2.17. The van der Waals surface area contributed by atoms with Crippen molar-refractivity contribution in [2.24, 2.45) is 0 Å². The van der Waals surface area contributed by atoms with E-state index in [9.17, 15) is 9.59 Å². The molecule has 2 aromatic carbocycles. The van der Waals surface area contributed by atoms with E-state index in [0.29, 0.717) is 10.7 Å². The normalized spacial score (nSPS) is 9.83. The van der Waals surface area contributed by atoms with E-state index in [2.05, 4.69) is 0 Å². The highest BCUT2D eigenvalue weighted by atomic mass is 35.5. The van der Waals surface area contributed by atoms with E-state index in [1.165, 1.54) is 4.90 Å². The van der Waals surface area contributed by atoms with Crippen LogP contribution in [0.5, 0.6) is 0 Å². The van der Waals surface area contributed by atoms with Gasteiger partial charge in [0.1, 0.15) is 6.54 Å². The van der Waals surface area contributed by atoms with Crippen molar-refractivity contribution in [1.29, 1.82) is 5.26 Å². The Bertz CT molecular complexity index is 739. The molecule has 0 aliphatic rings. The number of nitrogens with zero attached hydrogens (tertiary/aromatic N) is 2. The summed E-state index contributed by atoms with van der Waals surface area (Å²) in [6.07, 6.45) is 0.0496. The summed E-state index contributed by atoms with van der Waals surface area (Å²) in [5.74, 6) is -0.970. The topological polar surface area (TPSA) is 70.4 Å². The van der Waals surface area contributed by atoms with E-state index < -0.39 is 18.5 Å². The molecule has 122 valence electrons. The van der Waals surface area contributed by atoms with Crippen LogP contribution < -0.4 is 4.90 Å². The van der Waals surface area contributed by atoms with Crippen LogP contribution in [0.3, 0.4) is 0 Å². The van der Waals surface area contributed by atoms with Crippen molar-refractivity contribution in [1.82, 2.24) is 0 Å². The van der Waals surface area contributed by atoms with Crippen LogP contribution in [0, 0.1) is 11.3 Å². The smallest absolute Gasteiger partial charge is 0.310 e. The minimum absolute atomic E-state index is 0.0496. The Kier molecular flexibility index (Phi) is 6.35. The summed E-state index contributed by atoms with van der Waals surface area (Å²) in [7, 11) is 0. The number of hydrogen-bond donors (Lipinski definition) is 0. The molecule has 0 saturated heterocycles. The highest BCUT2D eigenvalue weighted by Crippen LogP contribution is 2.13. The second kappa shape index (κ2) is 8.70. The molecular formula is C18H15ClN2O3. The van der Waals surface area contributed by atoms with Crippen LogP contribution in [0.1, 0.15) is 5.56 Å². The van der Waals surface area contributed by atoms with Gasteiger partial charge in [0.15, 0.2) is 6.61 Å². The number of esters is 1. The van der Waals surface area contributed by atoms with Crippen molar-refractivity contribution < 1.29 is 14.3 Å². The third-order valence-corrected chi connectivity index (χ3v) is 3.47. The van der Waals surface area contributed by atoms with Crippen molar-refractivity contribution in [3.8, 4) is 6.07 Å². The fourth-order valence-corrected chi connectivity index (χ4v) is 2.17. The SMILES string of the molecule is N#CCN(C(=O)COC(=O)Cc1ccc(Cl)cc1)c1ccccc1. The molecule has 1 amide bonds. The van der Waals surface area contributed by atoms with Crippen molar-refractivity contribution in [2.75, 3.05) is 18.1 Å². The zero-order valence-electron chi connectivity index (χ0n) is 12.8. The molecule has 24 heavy (non-hydrogen) atoms. The minimum atomic E-state index is -0.518. The number of ether oxygens (including phenoxy) is 1. The van der Waals surface area contributed by atoms with Gasteiger partial charge >= 0.3 is 5.97 Å². The van der Waals surface area contributed by atoms with Crippen LogP contribution in [0.2, 0.25) is 5.02 Å². The molecule has 0 spiro atoms. The number of halogens is 1. The van der Waals surface area contributed by atoms with Gasteiger partial charge in [-0.15, -0.1) is 0 Å². The second-order valence-corrected chi connectivity index (χ2v) is 5.37. The van der Waals surface area contributed by atoms with Crippen LogP contribution in [-0.4, -0.2) is 25.0 Å². The molecule has 6 heteroatoms. The lowest BCUT2D eigenvalue weighted by atomic mass is 10.1. The molecule has 0 fully saturated rings. The molecule has 0 aliphatic heterocycles. The molecule has 0 bridgehead atoms. The first-order valence-corrected chi connectivity index (χ1v) is 7.60. The molecule has 0 N–H and O–H groups in total. The number of nitriles is 1. The summed E-state index contributed by atoms with van der Waals surface area (Å²) in [6.45, 7) is -0.527. The average molecular weight is 343 g/mol. The zero-order valence-corrected chi connectivity index (χ0v) is 13.6. The molecule has 2 aromatic rings. The Hall–Kier alpha value is -2.84. The Balaban J connectivity index is 1.91. The van der Waals surface area contributed by atoms with Crippen molar-refractivity contribution in [3.63, 3.8) is 0 Å². The lowest BCUT2D eigenvalue weighted by Crippen LogP contribution is -2.35. The fourth-order valence-electron chi connectivity index (χ4n) is 2.04. The number of carbonyl (C=O) groups excluding carboxylic acids is 2. The molecule has 0 radical (unpaired) electrons. The second-order valence-electron chi connectivity index (χ2n) is 4.94. The summed E-state index contributed by atoms with van der Waals surface area (Å²) < 4.78 is 5.01. The summed E-state index contributed by atoms with van der Waals surface area (Å²) in [5, 5.41) is 9.46. The maximum Gasteiger partial charge on any atom is 0.310 e. The van der Waals surface area contributed by atoms with Crippen LogP contribution in [-0.2, 0) is 20.7 Å². The first-order chi connectivity index (χ1) is 11.6. The third-order valence-electron chi connectivity index (χ3n) is 3.22. The summed E-state index contributed by atoms with van der Waals surface area (Å²) in [6, 6.07) is 17.5. The number of benzene rings is 2. The Morgan fingerprint density at radius 2 is 1.75 bits per heavy atom. The monoisotopic (exact) mass is 342 g/mol. The highest BCUT2D eigenvalue weighted by molar-refractivity contribution is 6.30. The lowest BCUT2D eigenvalue weighted by Gasteiger charge is -2.19. The van der Waals surface area contributed by atoms with Gasteiger partial charge in [-0.3, -0.25) is 14.5 Å². The lowest BCUT2D eigenvalue weighted by molar-refractivity contribution is -0.147. The fraction of sp³-hybridized carbons (Fsp3) is 0.167. The number of amides is 1. The van der Waals surface area contributed by atoms with Crippen molar-refractivity contribution in [2.45, 2.75) is 6.42 Å². The number of rotatable bonds is 6. The van der Waals surface area contributed by atoms with Crippen molar-refractivity contribution in [3.05, 3.63) is 65.2 Å². The van der Waals surface area contributed by atoms with E-state index in [-0.39, 0.29) is 13.0 Å². The summed E-state index contributed by atoms with van der Waals surface area (Å²) >= 11 is 5.78. The van der Waals surface area contributed by atoms with E-state index >= 15 is 0 Å². The molecule has 2 rings (SSSR count). The molecule has 5 nitrogen and oxygen atoms in total. The van der Waals surface area contributed by atoms with E-state index in [4.69, 9.17) is 21.6 Å². The summed E-state index contributed by atoms with van der Waals surface area (Å²) in [5.41, 5.74) is 1.33. The zero-order chi connectivity index (χ0) is 17.4. The van der Waals surface area contributed by atoms with E-state index in [0.717, 1.165) is 5.56 Å². The Morgan fingerprint density at radius 3 is 2.38 bits per heavy atom. The van der Waals surface area contributed by atoms with Crippen LogP contribution in [0.4, 0.5) is 5.69 Å². The molecule has 0 aromatic heterocycles. The van der Waals surface area contributed by atoms with Crippen LogP contribution in [0.15, 0.2) is 54.6 Å². The standard InChI is InChI=1S/C18H15ClN2O3/c19-15-8-6-14(7-9-15)12-18(23)24-13-17(22)21(11-10-20)16-4-2-1-3-5-16/h1-9H,11-13H2. The largest absolute Gasteiger partial charge is 0.455 e. The van der Waals surface area contributed by atoms with Gasteiger partial charge in [-0.25, -0.2) is 0 Å². The van der Waals surface area contributed by atoms with Gasteiger partial charge in [0.2, 0.25) is 0 Å². The van der Waals surface area contributed by atoms with Gasteiger partial charge < -0.3 is 4.74 Å². The molecule has 0 unspecified atom stereocenters. The molecule has 0 heterocycles. The third kappa shape index (κ3) is 5.11. The minimum Gasteiger partial charge on any atom is -0.455 e. The maximum absolute atomic E-state index is 12.2. The van der Waals surface area contributed by atoms with Crippen LogP contribution in [0.25, 0.3) is 0 Å². The molecule has 0 atom stereocenters. The quantitative estimate of drug-likeness (QED) is 0.597. The Labute approximate surface area is 145 Å². The predicted molar refractivity (Wildman–Crippen MR) is 90.5 cm³/mol. The van der Waals surface area contributed by atoms with Gasteiger partial charge in [-0.05, 0) is 29.8 Å². The number of hydrogen-bond acceptors (Lipinski definition) is 4.